The summed E-state index contributed by atoms with van der Waals surface area (Å²) in [4.78, 5) is 0. The van der Waals surface area contributed by atoms with Crippen LogP contribution in [0.25, 0.3) is 0 Å². The SMILES string of the molecule is COc1cc(O)c2c(c1OC)C1CCOC1O2. The predicted molar refractivity (Wildman–Crippen MR) is 58.9 cm³/mol. The van der Waals surface area contributed by atoms with Crippen molar-refractivity contribution in [2.45, 2.75) is 18.6 Å². The number of rotatable bonds is 2. The molecule has 0 aromatic heterocycles. The average Bonchev–Trinajstić information content (AvgIpc) is 2.89. The van der Waals surface area contributed by atoms with Gasteiger partial charge in [0.1, 0.15) is 0 Å². The molecule has 2 aliphatic rings. The minimum atomic E-state index is -0.308. The maximum Gasteiger partial charge on any atom is 0.207 e. The fourth-order valence-corrected chi connectivity index (χ4v) is 2.53. The van der Waals surface area contributed by atoms with Gasteiger partial charge in [-0.05, 0) is 6.42 Å². The molecule has 3 rings (SSSR count). The van der Waals surface area contributed by atoms with Gasteiger partial charge >= 0.3 is 0 Å². The first-order valence-corrected chi connectivity index (χ1v) is 5.52. The van der Waals surface area contributed by atoms with Crippen LogP contribution in [0.3, 0.4) is 0 Å². The van der Waals surface area contributed by atoms with Crippen LogP contribution in [0.2, 0.25) is 0 Å². The van der Waals surface area contributed by atoms with Gasteiger partial charge in [0.2, 0.25) is 6.29 Å². The topological polar surface area (TPSA) is 57.2 Å². The van der Waals surface area contributed by atoms with Gasteiger partial charge in [0.15, 0.2) is 23.0 Å². The molecule has 2 unspecified atom stereocenters. The van der Waals surface area contributed by atoms with Gasteiger partial charge < -0.3 is 24.1 Å². The van der Waals surface area contributed by atoms with Crippen LogP contribution in [0.1, 0.15) is 17.9 Å². The molecule has 0 aliphatic carbocycles. The molecule has 0 saturated carbocycles. The highest BCUT2D eigenvalue weighted by Gasteiger charge is 2.44. The first kappa shape index (κ1) is 10.5. The highest BCUT2D eigenvalue weighted by molar-refractivity contribution is 5.64. The van der Waals surface area contributed by atoms with Crippen molar-refractivity contribution >= 4 is 0 Å². The Labute approximate surface area is 98.9 Å². The molecule has 5 heteroatoms. The smallest absolute Gasteiger partial charge is 0.207 e. The van der Waals surface area contributed by atoms with Crippen molar-refractivity contribution in [1.82, 2.24) is 0 Å². The first-order chi connectivity index (χ1) is 8.26. The van der Waals surface area contributed by atoms with Crippen molar-refractivity contribution in [3.05, 3.63) is 11.6 Å². The summed E-state index contributed by atoms with van der Waals surface area (Å²) in [6.07, 6.45) is 0.553. The first-order valence-electron chi connectivity index (χ1n) is 5.52. The number of hydrogen-bond donors (Lipinski definition) is 1. The summed E-state index contributed by atoms with van der Waals surface area (Å²) in [6.45, 7) is 0.663. The third-order valence-corrected chi connectivity index (χ3v) is 3.28. The maximum absolute atomic E-state index is 9.90. The van der Waals surface area contributed by atoms with Crippen molar-refractivity contribution in [3.8, 4) is 23.0 Å². The van der Waals surface area contributed by atoms with Crippen LogP contribution in [-0.2, 0) is 4.74 Å². The summed E-state index contributed by atoms with van der Waals surface area (Å²) in [5.74, 6) is 1.77. The number of phenols is 1. The lowest BCUT2D eigenvalue weighted by Crippen LogP contribution is -2.13. The molecule has 0 spiro atoms. The number of aromatic hydroxyl groups is 1. The van der Waals surface area contributed by atoms with Gasteiger partial charge in [-0.2, -0.15) is 0 Å². The second-order valence-electron chi connectivity index (χ2n) is 4.13. The molecule has 17 heavy (non-hydrogen) atoms. The molecular formula is C12H14O5. The summed E-state index contributed by atoms with van der Waals surface area (Å²) < 4.78 is 21.6. The summed E-state index contributed by atoms with van der Waals surface area (Å²) in [7, 11) is 3.13. The van der Waals surface area contributed by atoms with Crippen LogP contribution in [0, 0.1) is 0 Å². The standard InChI is InChI=1S/C12H14O5/c1-14-8-5-7(13)10-9(11(8)15-2)6-3-4-16-12(6)17-10/h5-6,12-13H,3-4H2,1-2H3. The highest BCUT2D eigenvalue weighted by Crippen LogP contribution is 2.55. The molecule has 2 heterocycles. The third-order valence-electron chi connectivity index (χ3n) is 3.28. The summed E-state index contributed by atoms with van der Waals surface area (Å²) in [6, 6.07) is 1.50. The molecule has 0 bridgehead atoms. The summed E-state index contributed by atoms with van der Waals surface area (Å²) >= 11 is 0. The van der Waals surface area contributed by atoms with E-state index in [0.29, 0.717) is 23.9 Å². The van der Waals surface area contributed by atoms with E-state index in [1.165, 1.54) is 6.07 Å². The third kappa shape index (κ3) is 1.35. The molecule has 1 fully saturated rings. The highest BCUT2D eigenvalue weighted by atomic mass is 16.7. The lowest BCUT2D eigenvalue weighted by molar-refractivity contribution is -0.0347. The molecule has 1 aromatic rings. The van der Waals surface area contributed by atoms with Gasteiger partial charge in [-0.15, -0.1) is 0 Å². The van der Waals surface area contributed by atoms with E-state index < -0.39 is 0 Å². The van der Waals surface area contributed by atoms with E-state index in [0.717, 1.165) is 12.0 Å². The Morgan fingerprint density at radius 3 is 2.88 bits per heavy atom. The van der Waals surface area contributed by atoms with E-state index in [2.05, 4.69) is 0 Å². The van der Waals surface area contributed by atoms with Crippen LogP contribution in [0.5, 0.6) is 23.0 Å². The zero-order valence-electron chi connectivity index (χ0n) is 9.73. The second kappa shape index (κ2) is 3.70. The van der Waals surface area contributed by atoms with E-state index >= 15 is 0 Å². The van der Waals surface area contributed by atoms with Crippen molar-refractivity contribution < 1.29 is 24.1 Å². The molecule has 0 amide bonds. The van der Waals surface area contributed by atoms with E-state index in [-0.39, 0.29) is 18.0 Å². The Bertz CT molecular complexity index is 457. The van der Waals surface area contributed by atoms with Crippen molar-refractivity contribution in [3.63, 3.8) is 0 Å². The van der Waals surface area contributed by atoms with Gasteiger partial charge in [0.25, 0.3) is 0 Å². The van der Waals surface area contributed by atoms with E-state index in [1.54, 1.807) is 14.2 Å². The summed E-state index contributed by atoms with van der Waals surface area (Å²) in [5, 5.41) is 9.90. The maximum atomic E-state index is 9.90. The number of ether oxygens (including phenoxy) is 4. The minimum absolute atomic E-state index is 0.0654. The number of benzene rings is 1. The Hall–Kier alpha value is -1.62. The quantitative estimate of drug-likeness (QED) is 0.848. The normalized spacial score (nSPS) is 25.1. The fraction of sp³-hybridized carbons (Fsp3) is 0.500. The number of methoxy groups -OCH3 is 2. The Morgan fingerprint density at radius 2 is 2.18 bits per heavy atom. The molecule has 92 valence electrons. The molecule has 5 nitrogen and oxygen atoms in total. The van der Waals surface area contributed by atoms with Crippen LogP contribution in [-0.4, -0.2) is 32.2 Å². The largest absolute Gasteiger partial charge is 0.504 e. The lowest BCUT2D eigenvalue weighted by Gasteiger charge is -2.14. The second-order valence-corrected chi connectivity index (χ2v) is 4.13. The van der Waals surface area contributed by atoms with Crippen LogP contribution >= 0.6 is 0 Å². The van der Waals surface area contributed by atoms with E-state index in [9.17, 15) is 5.11 Å². The molecule has 1 aromatic carbocycles. The molecule has 1 N–H and O–H groups in total. The van der Waals surface area contributed by atoms with E-state index in [1.807, 2.05) is 0 Å². The Morgan fingerprint density at radius 1 is 1.35 bits per heavy atom. The molecule has 2 atom stereocenters. The Balaban J connectivity index is 2.19. The zero-order chi connectivity index (χ0) is 12.0. The summed E-state index contributed by atoms with van der Waals surface area (Å²) in [5.41, 5.74) is 0.854. The molecule has 2 aliphatic heterocycles. The molecule has 1 saturated heterocycles. The fourth-order valence-electron chi connectivity index (χ4n) is 2.53. The lowest BCUT2D eigenvalue weighted by atomic mass is 9.97. The van der Waals surface area contributed by atoms with Gasteiger partial charge in [-0.25, -0.2) is 0 Å². The van der Waals surface area contributed by atoms with Gasteiger partial charge in [-0.3, -0.25) is 0 Å². The van der Waals surface area contributed by atoms with Crippen molar-refractivity contribution in [2.75, 3.05) is 20.8 Å². The predicted octanol–water partition coefficient (Wildman–Crippen LogP) is 1.63. The van der Waals surface area contributed by atoms with Crippen LogP contribution in [0.15, 0.2) is 6.07 Å². The van der Waals surface area contributed by atoms with Gasteiger partial charge in [-0.1, -0.05) is 0 Å². The van der Waals surface area contributed by atoms with Crippen molar-refractivity contribution in [1.29, 1.82) is 0 Å². The average molecular weight is 238 g/mol. The van der Waals surface area contributed by atoms with E-state index in [4.69, 9.17) is 18.9 Å². The minimum Gasteiger partial charge on any atom is -0.504 e. The van der Waals surface area contributed by atoms with Crippen LogP contribution < -0.4 is 14.2 Å². The molecule has 0 radical (unpaired) electrons. The number of hydrogen-bond acceptors (Lipinski definition) is 5. The number of fused-ring (bicyclic) bond motifs is 3. The van der Waals surface area contributed by atoms with Crippen molar-refractivity contribution in [2.24, 2.45) is 0 Å². The molecular weight excluding hydrogens is 224 g/mol. The zero-order valence-corrected chi connectivity index (χ0v) is 9.73. The Kier molecular flexibility index (Phi) is 2.29. The van der Waals surface area contributed by atoms with Gasteiger partial charge in [0.05, 0.1) is 32.3 Å². The van der Waals surface area contributed by atoms with Gasteiger partial charge in [0, 0.05) is 6.07 Å². The monoisotopic (exact) mass is 238 g/mol. The number of phenolic OH excluding ortho intramolecular Hbond substituents is 1. The van der Waals surface area contributed by atoms with Crippen LogP contribution in [0.4, 0.5) is 0 Å².